The van der Waals surface area contributed by atoms with Gasteiger partial charge in [0.05, 0.1) is 4.83 Å². The quantitative estimate of drug-likeness (QED) is 0.755. The average molecular weight is 268 g/mol. The van der Waals surface area contributed by atoms with Crippen LogP contribution in [0.3, 0.4) is 0 Å². The standard InChI is InChI=1S/C12H14BrNO/c1-9-3-2-4-10(7-9)8-14-6-5-11(13)12(14)15/h2-4,7,11H,5-6,8H2,1H3. The lowest BCUT2D eigenvalue weighted by Gasteiger charge is -2.15. The van der Waals surface area contributed by atoms with Crippen LogP contribution in [0.4, 0.5) is 0 Å². The van der Waals surface area contributed by atoms with Gasteiger partial charge in [-0.1, -0.05) is 45.8 Å². The van der Waals surface area contributed by atoms with E-state index < -0.39 is 0 Å². The predicted molar refractivity (Wildman–Crippen MR) is 63.9 cm³/mol. The smallest absolute Gasteiger partial charge is 0.236 e. The molecule has 1 aliphatic heterocycles. The first-order chi connectivity index (χ1) is 7.16. The summed E-state index contributed by atoms with van der Waals surface area (Å²) in [7, 11) is 0. The summed E-state index contributed by atoms with van der Waals surface area (Å²) in [5, 5.41) is 0. The van der Waals surface area contributed by atoms with E-state index in [-0.39, 0.29) is 10.7 Å². The lowest BCUT2D eigenvalue weighted by Crippen LogP contribution is -2.26. The van der Waals surface area contributed by atoms with Crippen molar-refractivity contribution in [2.24, 2.45) is 0 Å². The molecule has 0 radical (unpaired) electrons. The number of carbonyl (C=O) groups excluding carboxylic acids is 1. The van der Waals surface area contributed by atoms with Crippen LogP contribution >= 0.6 is 15.9 Å². The van der Waals surface area contributed by atoms with Gasteiger partial charge < -0.3 is 4.90 Å². The second-order valence-corrected chi connectivity index (χ2v) is 5.11. The minimum Gasteiger partial charge on any atom is -0.337 e. The van der Waals surface area contributed by atoms with Crippen LogP contribution in [-0.2, 0) is 11.3 Å². The Hall–Kier alpha value is -0.830. The number of hydrogen-bond acceptors (Lipinski definition) is 1. The summed E-state index contributed by atoms with van der Waals surface area (Å²) >= 11 is 3.38. The van der Waals surface area contributed by atoms with Crippen LogP contribution in [0.1, 0.15) is 17.5 Å². The van der Waals surface area contributed by atoms with Gasteiger partial charge in [0.2, 0.25) is 5.91 Å². The van der Waals surface area contributed by atoms with Crippen molar-refractivity contribution in [2.45, 2.75) is 24.7 Å². The molecule has 0 bridgehead atoms. The minimum absolute atomic E-state index is 0.0299. The Kier molecular flexibility index (Phi) is 3.10. The number of nitrogens with zero attached hydrogens (tertiary/aromatic N) is 1. The van der Waals surface area contributed by atoms with Gasteiger partial charge in [0.25, 0.3) is 0 Å². The van der Waals surface area contributed by atoms with Gasteiger partial charge in [-0.2, -0.15) is 0 Å². The second kappa shape index (κ2) is 4.35. The summed E-state index contributed by atoms with van der Waals surface area (Å²) < 4.78 is 0. The van der Waals surface area contributed by atoms with Crippen LogP contribution in [0, 0.1) is 6.92 Å². The third kappa shape index (κ3) is 2.40. The van der Waals surface area contributed by atoms with Crippen molar-refractivity contribution in [3.8, 4) is 0 Å². The number of alkyl halides is 1. The Morgan fingerprint density at radius 1 is 1.53 bits per heavy atom. The number of benzene rings is 1. The molecule has 1 atom stereocenters. The zero-order chi connectivity index (χ0) is 10.8. The zero-order valence-corrected chi connectivity index (χ0v) is 10.3. The van der Waals surface area contributed by atoms with E-state index in [4.69, 9.17) is 0 Å². The molecular formula is C12H14BrNO. The summed E-state index contributed by atoms with van der Waals surface area (Å²) in [4.78, 5) is 13.6. The Balaban J connectivity index is 2.06. The molecule has 1 unspecified atom stereocenters. The monoisotopic (exact) mass is 267 g/mol. The Labute approximate surface area is 98.4 Å². The van der Waals surface area contributed by atoms with Gasteiger partial charge in [-0.3, -0.25) is 4.79 Å². The topological polar surface area (TPSA) is 20.3 Å². The fourth-order valence-corrected chi connectivity index (χ4v) is 2.38. The maximum Gasteiger partial charge on any atom is 0.236 e. The van der Waals surface area contributed by atoms with Crippen LogP contribution < -0.4 is 0 Å². The molecule has 1 aliphatic rings. The van der Waals surface area contributed by atoms with Crippen molar-refractivity contribution in [3.63, 3.8) is 0 Å². The molecule has 0 aromatic heterocycles. The highest BCUT2D eigenvalue weighted by molar-refractivity contribution is 9.10. The lowest BCUT2D eigenvalue weighted by atomic mass is 10.1. The lowest BCUT2D eigenvalue weighted by molar-refractivity contribution is -0.127. The second-order valence-electron chi connectivity index (χ2n) is 4.01. The number of aryl methyl sites for hydroxylation is 1. The minimum atomic E-state index is 0.0299. The van der Waals surface area contributed by atoms with Gasteiger partial charge in [0, 0.05) is 13.1 Å². The molecule has 0 spiro atoms. The van der Waals surface area contributed by atoms with Gasteiger partial charge in [0.1, 0.15) is 0 Å². The van der Waals surface area contributed by atoms with Gasteiger partial charge >= 0.3 is 0 Å². The molecule has 0 saturated carbocycles. The molecule has 3 heteroatoms. The molecule has 1 heterocycles. The van der Waals surface area contributed by atoms with E-state index in [1.165, 1.54) is 11.1 Å². The molecule has 2 rings (SSSR count). The maximum absolute atomic E-state index is 11.7. The van der Waals surface area contributed by atoms with Crippen molar-refractivity contribution in [1.82, 2.24) is 4.90 Å². The maximum atomic E-state index is 11.7. The first-order valence-corrected chi connectivity index (χ1v) is 6.07. The fraction of sp³-hybridized carbons (Fsp3) is 0.417. The van der Waals surface area contributed by atoms with E-state index in [9.17, 15) is 4.79 Å². The number of amides is 1. The van der Waals surface area contributed by atoms with Crippen LogP contribution in [0.15, 0.2) is 24.3 Å². The number of likely N-dealkylation sites (tertiary alicyclic amines) is 1. The molecule has 1 saturated heterocycles. The van der Waals surface area contributed by atoms with E-state index in [0.29, 0.717) is 0 Å². The van der Waals surface area contributed by atoms with Crippen LogP contribution in [0.5, 0.6) is 0 Å². The van der Waals surface area contributed by atoms with Crippen LogP contribution in [-0.4, -0.2) is 22.2 Å². The van der Waals surface area contributed by atoms with Gasteiger partial charge in [0.15, 0.2) is 0 Å². The van der Waals surface area contributed by atoms with Gasteiger partial charge in [-0.05, 0) is 18.9 Å². The summed E-state index contributed by atoms with van der Waals surface area (Å²) in [5.74, 6) is 0.219. The Morgan fingerprint density at radius 2 is 2.33 bits per heavy atom. The summed E-state index contributed by atoms with van der Waals surface area (Å²) in [6, 6.07) is 8.32. The van der Waals surface area contributed by atoms with E-state index in [2.05, 4.69) is 41.1 Å². The zero-order valence-electron chi connectivity index (χ0n) is 8.74. The molecule has 1 aromatic rings. The van der Waals surface area contributed by atoms with Crippen LogP contribution in [0.25, 0.3) is 0 Å². The molecule has 2 nitrogen and oxygen atoms in total. The molecule has 0 N–H and O–H groups in total. The van der Waals surface area contributed by atoms with Crippen molar-refractivity contribution in [2.75, 3.05) is 6.54 Å². The van der Waals surface area contributed by atoms with Crippen molar-refractivity contribution in [3.05, 3.63) is 35.4 Å². The number of halogens is 1. The van der Waals surface area contributed by atoms with Gasteiger partial charge in [-0.15, -0.1) is 0 Å². The summed E-state index contributed by atoms with van der Waals surface area (Å²) in [6.07, 6.45) is 0.921. The Morgan fingerprint density at radius 3 is 2.93 bits per heavy atom. The highest BCUT2D eigenvalue weighted by atomic mass is 79.9. The summed E-state index contributed by atoms with van der Waals surface area (Å²) in [5.41, 5.74) is 2.46. The van der Waals surface area contributed by atoms with Gasteiger partial charge in [-0.25, -0.2) is 0 Å². The van der Waals surface area contributed by atoms with Crippen molar-refractivity contribution >= 4 is 21.8 Å². The predicted octanol–water partition coefficient (Wildman–Crippen LogP) is 2.49. The molecule has 1 fully saturated rings. The van der Waals surface area contributed by atoms with Crippen molar-refractivity contribution in [1.29, 1.82) is 0 Å². The Bertz CT molecular complexity index is 378. The number of carbonyl (C=O) groups is 1. The first-order valence-electron chi connectivity index (χ1n) is 5.15. The van der Waals surface area contributed by atoms with E-state index in [0.717, 1.165) is 19.5 Å². The average Bonchev–Trinajstić information content (AvgIpc) is 2.50. The third-order valence-electron chi connectivity index (χ3n) is 2.69. The summed E-state index contributed by atoms with van der Waals surface area (Å²) in [6.45, 7) is 3.67. The highest BCUT2D eigenvalue weighted by Crippen LogP contribution is 2.20. The first kappa shape index (κ1) is 10.7. The molecule has 80 valence electrons. The molecule has 15 heavy (non-hydrogen) atoms. The highest BCUT2D eigenvalue weighted by Gasteiger charge is 2.28. The SMILES string of the molecule is Cc1cccc(CN2CCC(Br)C2=O)c1. The molecule has 1 amide bonds. The number of rotatable bonds is 2. The normalized spacial score (nSPS) is 21.1. The van der Waals surface area contributed by atoms with Crippen molar-refractivity contribution < 1.29 is 4.79 Å². The largest absolute Gasteiger partial charge is 0.337 e. The van der Waals surface area contributed by atoms with E-state index in [1.54, 1.807) is 0 Å². The third-order valence-corrected chi connectivity index (χ3v) is 3.54. The number of hydrogen-bond donors (Lipinski definition) is 0. The molecule has 0 aliphatic carbocycles. The van der Waals surface area contributed by atoms with E-state index in [1.807, 2.05) is 11.0 Å². The van der Waals surface area contributed by atoms with Crippen LogP contribution in [0.2, 0.25) is 0 Å². The molecule has 1 aromatic carbocycles. The molecular weight excluding hydrogens is 254 g/mol. The van der Waals surface area contributed by atoms with E-state index >= 15 is 0 Å². The fourth-order valence-electron chi connectivity index (χ4n) is 1.89.